The average molecular weight is 371 g/mol. The quantitative estimate of drug-likeness (QED) is 0.685. The van der Waals surface area contributed by atoms with Crippen molar-refractivity contribution in [3.63, 3.8) is 0 Å². The van der Waals surface area contributed by atoms with Crippen molar-refractivity contribution in [3.8, 4) is 0 Å². The summed E-state index contributed by atoms with van der Waals surface area (Å²) >= 11 is 0. The second-order valence-electron chi connectivity index (χ2n) is 5.02. The number of sulfonamides is 1. The molecule has 2 rings (SSSR count). The summed E-state index contributed by atoms with van der Waals surface area (Å²) < 4.78 is 50.1. The lowest BCUT2D eigenvalue weighted by atomic mass is 10.2. The SMILES string of the molecule is CCN(CC)S(=O)(=O)c1ccc(F)c(C(=O)OCc2nnc(C)o2)c1. The molecule has 25 heavy (non-hydrogen) atoms. The van der Waals surface area contributed by atoms with E-state index in [9.17, 15) is 17.6 Å². The van der Waals surface area contributed by atoms with Crippen molar-refractivity contribution in [2.75, 3.05) is 13.1 Å². The average Bonchev–Trinajstić information content (AvgIpc) is 2.99. The van der Waals surface area contributed by atoms with Crippen molar-refractivity contribution >= 4 is 16.0 Å². The third-order valence-corrected chi connectivity index (χ3v) is 5.44. The van der Waals surface area contributed by atoms with Crippen molar-refractivity contribution < 1.29 is 26.8 Å². The van der Waals surface area contributed by atoms with Gasteiger partial charge in [0.2, 0.25) is 15.9 Å². The first-order valence-corrected chi connectivity index (χ1v) is 8.99. The molecule has 136 valence electrons. The number of benzene rings is 1. The number of hydrogen-bond acceptors (Lipinski definition) is 7. The number of nitrogens with zero attached hydrogens (tertiary/aromatic N) is 3. The number of carbonyl (C=O) groups is 1. The van der Waals surface area contributed by atoms with Crippen LogP contribution in [0.25, 0.3) is 0 Å². The van der Waals surface area contributed by atoms with Gasteiger partial charge in [0.15, 0.2) is 6.61 Å². The maximum absolute atomic E-state index is 13.9. The second-order valence-corrected chi connectivity index (χ2v) is 6.96. The van der Waals surface area contributed by atoms with Gasteiger partial charge in [-0.2, -0.15) is 4.31 Å². The van der Waals surface area contributed by atoms with E-state index in [0.717, 1.165) is 18.2 Å². The fourth-order valence-electron chi connectivity index (χ4n) is 2.13. The van der Waals surface area contributed by atoms with Crippen LogP contribution in [0.1, 0.15) is 36.0 Å². The molecule has 1 heterocycles. The van der Waals surface area contributed by atoms with Crippen LogP contribution in [0.3, 0.4) is 0 Å². The molecule has 0 aliphatic heterocycles. The lowest BCUT2D eigenvalue weighted by molar-refractivity contribution is 0.0431. The number of rotatable bonds is 7. The number of aromatic nitrogens is 2. The molecule has 0 bridgehead atoms. The smallest absolute Gasteiger partial charge is 0.341 e. The molecule has 0 aliphatic rings. The molecular weight excluding hydrogens is 353 g/mol. The third kappa shape index (κ3) is 4.20. The fourth-order valence-corrected chi connectivity index (χ4v) is 3.62. The van der Waals surface area contributed by atoms with Gasteiger partial charge in [-0.1, -0.05) is 13.8 Å². The molecular formula is C15H18FN3O5S. The van der Waals surface area contributed by atoms with Gasteiger partial charge in [-0.25, -0.2) is 17.6 Å². The number of esters is 1. The molecule has 1 aromatic carbocycles. The minimum absolute atomic E-state index is 0.0539. The molecule has 0 amide bonds. The van der Waals surface area contributed by atoms with E-state index in [-0.39, 0.29) is 30.5 Å². The number of aryl methyl sites for hydroxylation is 1. The van der Waals surface area contributed by atoms with Crippen molar-refractivity contribution in [2.45, 2.75) is 32.3 Å². The maximum atomic E-state index is 13.9. The first kappa shape index (κ1) is 19.0. The Kier molecular flexibility index (Phi) is 5.85. The lowest BCUT2D eigenvalue weighted by Crippen LogP contribution is -2.30. The molecule has 0 atom stereocenters. The Morgan fingerprint density at radius 2 is 1.96 bits per heavy atom. The van der Waals surface area contributed by atoms with E-state index in [1.807, 2.05) is 0 Å². The summed E-state index contributed by atoms with van der Waals surface area (Å²) in [6.45, 7) is 5.11. The van der Waals surface area contributed by atoms with E-state index in [0.29, 0.717) is 5.89 Å². The maximum Gasteiger partial charge on any atom is 0.341 e. The summed E-state index contributed by atoms with van der Waals surface area (Å²) in [5, 5.41) is 7.22. The molecule has 8 nitrogen and oxygen atoms in total. The zero-order valence-corrected chi connectivity index (χ0v) is 14.8. The first-order chi connectivity index (χ1) is 11.8. The minimum atomic E-state index is -3.82. The Morgan fingerprint density at radius 1 is 1.28 bits per heavy atom. The Labute approximate surface area is 144 Å². The predicted molar refractivity (Wildman–Crippen MR) is 84.7 cm³/mol. The molecule has 10 heteroatoms. The van der Waals surface area contributed by atoms with Crippen LogP contribution >= 0.6 is 0 Å². The van der Waals surface area contributed by atoms with Crippen LogP contribution in [0.2, 0.25) is 0 Å². The van der Waals surface area contributed by atoms with Gasteiger partial charge >= 0.3 is 5.97 Å². The largest absolute Gasteiger partial charge is 0.452 e. The first-order valence-electron chi connectivity index (χ1n) is 7.55. The summed E-state index contributed by atoms with van der Waals surface area (Å²) in [6.07, 6.45) is 0. The number of hydrogen-bond donors (Lipinski definition) is 0. The predicted octanol–water partition coefficient (Wildman–Crippen LogP) is 1.90. The van der Waals surface area contributed by atoms with Gasteiger partial charge in [-0.05, 0) is 18.2 Å². The van der Waals surface area contributed by atoms with E-state index in [1.54, 1.807) is 20.8 Å². The monoisotopic (exact) mass is 371 g/mol. The Bertz CT molecular complexity index is 862. The normalized spacial score (nSPS) is 11.7. The third-order valence-electron chi connectivity index (χ3n) is 3.40. The van der Waals surface area contributed by atoms with Crippen molar-refractivity contribution in [3.05, 3.63) is 41.4 Å². The molecule has 0 radical (unpaired) electrons. The van der Waals surface area contributed by atoms with E-state index in [1.165, 1.54) is 4.31 Å². The van der Waals surface area contributed by atoms with Gasteiger partial charge in [0.25, 0.3) is 5.89 Å². The summed E-state index contributed by atoms with van der Waals surface area (Å²) in [5.74, 6) is -1.56. The van der Waals surface area contributed by atoms with Crippen LogP contribution in [0.5, 0.6) is 0 Å². The molecule has 0 fully saturated rings. The molecule has 0 unspecified atom stereocenters. The zero-order valence-electron chi connectivity index (χ0n) is 14.0. The highest BCUT2D eigenvalue weighted by Crippen LogP contribution is 2.20. The Hall–Kier alpha value is -2.33. The second kappa shape index (κ2) is 7.70. The van der Waals surface area contributed by atoms with E-state index >= 15 is 0 Å². The molecule has 0 saturated heterocycles. The van der Waals surface area contributed by atoms with Crippen molar-refractivity contribution in [1.29, 1.82) is 0 Å². The molecule has 1 aromatic heterocycles. The summed E-state index contributed by atoms with van der Waals surface area (Å²) in [5.41, 5.74) is -0.482. The number of ether oxygens (including phenoxy) is 1. The van der Waals surface area contributed by atoms with E-state index < -0.39 is 27.4 Å². The van der Waals surface area contributed by atoms with Gasteiger partial charge in [0.05, 0.1) is 10.5 Å². The summed E-state index contributed by atoms with van der Waals surface area (Å²) in [7, 11) is -3.82. The topological polar surface area (TPSA) is 103 Å². The van der Waals surface area contributed by atoms with Crippen molar-refractivity contribution in [2.24, 2.45) is 0 Å². The summed E-state index contributed by atoms with van der Waals surface area (Å²) in [4.78, 5) is 11.9. The molecule has 0 saturated carbocycles. The molecule has 0 N–H and O–H groups in total. The standard InChI is InChI=1S/C15H18FN3O5S/c1-4-19(5-2)25(21,22)11-6-7-13(16)12(8-11)15(20)23-9-14-18-17-10(3)24-14/h6-8H,4-5,9H2,1-3H3. The van der Waals surface area contributed by atoms with Gasteiger partial charge < -0.3 is 9.15 Å². The lowest BCUT2D eigenvalue weighted by Gasteiger charge is -2.18. The van der Waals surface area contributed by atoms with Gasteiger partial charge in [0.1, 0.15) is 5.82 Å². The number of halogens is 1. The van der Waals surface area contributed by atoms with Crippen LogP contribution in [0.4, 0.5) is 4.39 Å². The highest BCUT2D eigenvalue weighted by molar-refractivity contribution is 7.89. The van der Waals surface area contributed by atoms with E-state index in [4.69, 9.17) is 9.15 Å². The molecule has 0 aliphatic carbocycles. The van der Waals surface area contributed by atoms with Crippen molar-refractivity contribution in [1.82, 2.24) is 14.5 Å². The van der Waals surface area contributed by atoms with Crippen LogP contribution in [0.15, 0.2) is 27.5 Å². The van der Waals surface area contributed by atoms with Gasteiger partial charge in [0, 0.05) is 20.0 Å². The minimum Gasteiger partial charge on any atom is -0.452 e. The van der Waals surface area contributed by atoms with Gasteiger partial charge in [-0.15, -0.1) is 10.2 Å². The van der Waals surface area contributed by atoms with Gasteiger partial charge in [-0.3, -0.25) is 0 Å². The summed E-state index contributed by atoms with van der Waals surface area (Å²) in [6, 6.07) is 3.00. The Balaban J connectivity index is 2.24. The van der Waals surface area contributed by atoms with E-state index in [2.05, 4.69) is 10.2 Å². The fraction of sp³-hybridized carbons (Fsp3) is 0.400. The highest BCUT2D eigenvalue weighted by Gasteiger charge is 2.25. The van der Waals surface area contributed by atoms with Crippen LogP contribution in [-0.2, 0) is 21.4 Å². The van der Waals surface area contributed by atoms with Crippen LogP contribution in [-0.4, -0.2) is 42.0 Å². The van der Waals surface area contributed by atoms with Crippen LogP contribution < -0.4 is 0 Å². The zero-order chi connectivity index (χ0) is 18.6. The number of carbonyl (C=O) groups excluding carboxylic acids is 1. The molecule has 0 spiro atoms. The Morgan fingerprint density at radius 3 is 2.52 bits per heavy atom. The highest BCUT2D eigenvalue weighted by atomic mass is 32.2. The molecule has 2 aromatic rings. The van der Waals surface area contributed by atoms with Crippen LogP contribution in [0, 0.1) is 12.7 Å².